The maximum absolute atomic E-state index is 10.5. The van der Waals surface area contributed by atoms with E-state index in [-0.39, 0.29) is 11.5 Å². The molecule has 0 aliphatic heterocycles. The van der Waals surface area contributed by atoms with E-state index in [2.05, 4.69) is 26.0 Å². The standard InChI is InChI=1S/C20H28O2/c1-12-10-14(22-3)11-13-4-5-15-16(19(12)13)8-9-20(2)17(15)6-7-18(20)21/h10-11,15-18,21H,4-9H2,1-3H3. The van der Waals surface area contributed by atoms with Crippen molar-refractivity contribution in [1.29, 1.82) is 0 Å². The van der Waals surface area contributed by atoms with Crippen LogP contribution in [0.1, 0.15) is 61.6 Å². The second-order valence-corrected chi connectivity index (χ2v) is 8.07. The summed E-state index contributed by atoms with van der Waals surface area (Å²) in [5.74, 6) is 3.20. The van der Waals surface area contributed by atoms with Crippen molar-refractivity contribution in [3.63, 3.8) is 0 Å². The Morgan fingerprint density at radius 3 is 2.77 bits per heavy atom. The van der Waals surface area contributed by atoms with Gasteiger partial charge in [-0.2, -0.15) is 0 Å². The van der Waals surface area contributed by atoms with Crippen LogP contribution in [0, 0.1) is 24.2 Å². The second kappa shape index (κ2) is 4.99. The van der Waals surface area contributed by atoms with Crippen LogP contribution in [-0.2, 0) is 6.42 Å². The van der Waals surface area contributed by atoms with Gasteiger partial charge in [0.15, 0.2) is 0 Å². The number of aliphatic hydroxyl groups excluding tert-OH is 1. The fourth-order valence-electron chi connectivity index (χ4n) is 6.03. The SMILES string of the molecule is COc1cc(C)c2c(c1)CCC1C2CCC2(C)C(O)CCC12. The molecule has 1 aromatic rings. The van der Waals surface area contributed by atoms with Crippen LogP contribution in [0.4, 0.5) is 0 Å². The molecule has 22 heavy (non-hydrogen) atoms. The first-order valence-electron chi connectivity index (χ1n) is 8.90. The van der Waals surface area contributed by atoms with E-state index in [4.69, 9.17) is 4.74 Å². The Bertz CT molecular complexity index is 594. The summed E-state index contributed by atoms with van der Waals surface area (Å²) >= 11 is 0. The minimum Gasteiger partial charge on any atom is -0.497 e. The van der Waals surface area contributed by atoms with Crippen molar-refractivity contribution in [1.82, 2.24) is 0 Å². The third-order valence-corrected chi connectivity index (χ3v) is 7.19. The van der Waals surface area contributed by atoms with Gasteiger partial charge >= 0.3 is 0 Å². The summed E-state index contributed by atoms with van der Waals surface area (Å²) in [6.45, 7) is 4.60. The predicted molar refractivity (Wildman–Crippen MR) is 88.4 cm³/mol. The van der Waals surface area contributed by atoms with E-state index in [1.165, 1.54) is 43.2 Å². The largest absolute Gasteiger partial charge is 0.497 e. The van der Waals surface area contributed by atoms with Gasteiger partial charge in [0, 0.05) is 0 Å². The minimum absolute atomic E-state index is 0.0724. The summed E-state index contributed by atoms with van der Waals surface area (Å²) in [5.41, 5.74) is 4.71. The molecule has 1 aromatic carbocycles. The number of methoxy groups -OCH3 is 1. The molecule has 0 bridgehead atoms. The summed E-state index contributed by atoms with van der Waals surface area (Å²) in [7, 11) is 1.76. The molecule has 5 atom stereocenters. The molecule has 0 spiro atoms. The number of hydrogen-bond donors (Lipinski definition) is 1. The first-order chi connectivity index (χ1) is 10.5. The van der Waals surface area contributed by atoms with Crippen molar-refractivity contribution >= 4 is 0 Å². The highest BCUT2D eigenvalue weighted by Gasteiger charge is 2.54. The number of hydrogen-bond acceptors (Lipinski definition) is 2. The van der Waals surface area contributed by atoms with Crippen LogP contribution in [0.25, 0.3) is 0 Å². The Hall–Kier alpha value is -1.02. The van der Waals surface area contributed by atoms with Gasteiger partial charge in [-0.1, -0.05) is 6.92 Å². The highest BCUT2D eigenvalue weighted by atomic mass is 16.5. The molecule has 2 fully saturated rings. The Morgan fingerprint density at radius 1 is 1.18 bits per heavy atom. The fourth-order valence-corrected chi connectivity index (χ4v) is 6.03. The van der Waals surface area contributed by atoms with Crippen LogP contribution in [0.3, 0.4) is 0 Å². The third-order valence-electron chi connectivity index (χ3n) is 7.19. The zero-order valence-electron chi connectivity index (χ0n) is 14.1. The van der Waals surface area contributed by atoms with E-state index in [1.54, 1.807) is 12.7 Å². The molecule has 0 heterocycles. The topological polar surface area (TPSA) is 29.5 Å². The van der Waals surface area contributed by atoms with Crippen LogP contribution in [-0.4, -0.2) is 18.3 Å². The van der Waals surface area contributed by atoms with Crippen LogP contribution in [0.5, 0.6) is 5.75 Å². The molecule has 1 N–H and O–H groups in total. The number of benzene rings is 1. The highest BCUT2D eigenvalue weighted by Crippen LogP contribution is 2.61. The molecule has 0 aromatic heterocycles. The van der Waals surface area contributed by atoms with Gasteiger partial charge in [0.1, 0.15) is 5.75 Å². The summed E-state index contributed by atoms with van der Waals surface area (Å²) in [6.07, 6.45) is 7.06. The average molecular weight is 300 g/mol. The van der Waals surface area contributed by atoms with Gasteiger partial charge in [-0.15, -0.1) is 0 Å². The first-order valence-corrected chi connectivity index (χ1v) is 8.90. The molecule has 0 saturated heterocycles. The van der Waals surface area contributed by atoms with Gasteiger partial charge < -0.3 is 9.84 Å². The maximum Gasteiger partial charge on any atom is 0.119 e. The molecule has 120 valence electrons. The molecule has 5 unspecified atom stereocenters. The van der Waals surface area contributed by atoms with Crippen molar-refractivity contribution in [3.05, 3.63) is 28.8 Å². The lowest BCUT2D eigenvalue weighted by atomic mass is 9.55. The number of aryl methyl sites for hydroxylation is 2. The zero-order chi connectivity index (χ0) is 15.5. The molecule has 4 rings (SSSR count). The first kappa shape index (κ1) is 14.6. The normalized spacial score (nSPS) is 39.8. The lowest BCUT2D eigenvalue weighted by molar-refractivity contribution is -0.0227. The Labute approximate surface area is 133 Å². The molecule has 2 nitrogen and oxygen atoms in total. The van der Waals surface area contributed by atoms with Crippen molar-refractivity contribution < 1.29 is 9.84 Å². The smallest absolute Gasteiger partial charge is 0.119 e. The van der Waals surface area contributed by atoms with Gasteiger partial charge in [-0.05, 0) is 97.4 Å². The van der Waals surface area contributed by atoms with Crippen LogP contribution in [0.2, 0.25) is 0 Å². The lowest BCUT2D eigenvalue weighted by Crippen LogP contribution is -2.44. The number of rotatable bonds is 1. The zero-order valence-corrected chi connectivity index (χ0v) is 14.1. The van der Waals surface area contributed by atoms with E-state index in [0.29, 0.717) is 5.92 Å². The number of ether oxygens (including phenoxy) is 1. The van der Waals surface area contributed by atoms with Crippen molar-refractivity contribution in [2.24, 2.45) is 17.3 Å². The molecule has 3 aliphatic rings. The van der Waals surface area contributed by atoms with Crippen LogP contribution < -0.4 is 4.74 Å². The molecule has 2 saturated carbocycles. The molecule has 3 aliphatic carbocycles. The average Bonchev–Trinajstić information content (AvgIpc) is 2.82. The molecule has 0 radical (unpaired) electrons. The summed E-state index contributed by atoms with van der Waals surface area (Å²) in [5, 5.41) is 10.5. The summed E-state index contributed by atoms with van der Waals surface area (Å²) < 4.78 is 5.46. The molecular formula is C20H28O2. The second-order valence-electron chi connectivity index (χ2n) is 8.07. The Kier molecular flexibility index (Phi) is 3.30. The summed E-state index contributed by atoms with van der Waals surface area (Å²) in [6, 6.07) is 4.47. The Morgan fingerprint density at radius 2 is 2.00 bits per heavy atom. The van der Waals surface area contributed by atoms with E-state index < -0.39 is 0 Å². The molecule has 0 amide bonds. The van der Waals surface area contributed by atoms with Crippen LogP contribution >= 0.6 is 0 Å². The fraction of sp³-hybridized carbons (Fsp3) is 0.700. The minimum atomic E-state index is -0.0724. The molecular weight excluding hydrogens is 272 g/mol. The maximum atomic E-state index is 10.5. The van der Waals surface area contributed by atoms with Crippen molar-refractivity contribution in [2.75, 3.05) is 7.11 Å². The molecule has 2 heteroatoms. The van der Waals surface area contributed by atoms with E-state index in [9.17, 15) is 5.11 Å². The predicted octanol–water partition coefficient (Wildman–Crippen LogP) is 4.22. The van der Waals surface area contributed by atoms with Crippen LogP contribution in [0.15, 0.2) is 12.1 Å². The monoisotopic (exact) mass is 300 g/mol. The highest BCUT2D eigenvalue weighted by molar-refractivity contribution is 5.46. The van der Waals surface area contributed by atoms with E-state index >= 15 is 0 Å². The van der Waals surface area contributed by atoms with Gasteiger partial charge in [0.25, 0.3) is 0 Å². The number of aliphatic hydroxyl groups is 1. The Balaban J connectivity index is 1.73. The van der Waals surface area contributed by atoms with Gasteiger partial charge in [-0.3, -0.25) is 0 Å². The lowest BCUT2D eigenvalue weighted by Gasteiger charge is -2.50. The van der Waals surface area contributed by atoms with Gasteiger partial charge in [0.2, 0.25) is 0 Å². The van der Waals surface area contributed by atoms with Crippen molar-refractivity contribution in [3.8, 4) is 5.75 Å². The van der Waals surface area contributed by atoms with E-state index in [0.717, 1.165) is 24.0 Å². The van der Waals surface area contributed by atoms with E-state index in [1.807, 2.05) is 0 Å². The van der Waals surface area contributed by atoms with Gasteiger partial charge in [-0.25, -0.2) is 0 Å². The quantitative estimate of drug-likeness (QED) is 0.841. The summed E-state index contributed by atoms with van der Waals surface area (Å²) in [4.78, 5) is 0. The number of fused-ring (bicyclic) bond motifs is 5. The van der Waals surface area contributed by atoms with Gasteiger partial charge in [0.05, 0.1) is 13.2 Å². The third kappa shape index (κ3) is 1.89. The van der Waals surface area contributed by atoms with Crippen molar-refractivity contribution in [2.45, 2.75) is 64.4 Å².